The van der Waals surface area contributed by atoms with Gasteiger partial charge in [0, 0.05) is 54.3 Å². The van der Waals surface area contributed by atoms with Gasteiger partial charge >= 0.3 is 0 Å². The minimum Gasteiger partial charge on any atom is -0.508 e. The summed E-state index contributed by atoms with van der Waals surface area (Å²) >= 11 is 0. The molecule has 2 heterocycles. The molecule has 2 saturated heterocycles. The molecule has 0 unspecified atom stereocenters. The highest BCUT2D eigenvalue weighted by Crippen LogP contribution is 2.26. The van der Waals surface area contributed by atoms with Gasteiger partial charge in [0.2, 0.25) is 59.1 Å². The predicted molar refractivity (Wildman–Crippen MR) is 299 cm³/mol. The highest BCUT2D eigenvalue weighted by Gasteiger charge is 2.41. The maximum atomic E-state index is 14.8. The summed E-state index contributed by atoms with van der Waals surface area (Å²) < 4.78 is 0. The van der Waals surface area contributed by atoms with E-state index in [2.05, 4.69) is 47.2 Å². The van der Waals surface area contributed by atoms with Crippen LogP contribution in [0.5, 0.6) is 5.75 Å². The van der Waals surface area contributed by atoms with Crippen molar-refractivity contribution in [2.45, 2.75) is 126 Å². The molecule has 0 radical (unpaired) electrons. The number of primary amides is 2. The molecule has 430 valence electrons. The van der Waals surface area contributed by atoms with E-state index in [4.69, 9.17) is 22.7 Å². The number of unbranched alkanes of at least 4 members (excludes halogenated alkanes) is 1. The number of amides is 10. The minimum absolute atomic E-state index is 0.00414. The van der Waals surface area contributed by atoms with E-state index in [1.807, 2.05) is 0 Å². The van der Waals surface area contributed by atoms with Gasteiger partial charge in [-0.25, -0.2) is 0 Å². The van der Waals surface area contributed by atoms with Crippen LogP contribution in [0.2, 0.25) is 0 Å². The van der Waals surface area contributed by atoms with Crippen molar-refractivity contribution >= 4 is 86.3 Å². The van der Waals surface area contributed by atoms with Crippen LogP contribution in [-0.4, -0.2) is 142 Å². The first kappa shape index (κ1) is 63.0. The van der Waals surface area contributed by atoms with E-state index < -0.39 is 120 Å². The Morgan fingerprint density at radius 2 is 1.39 bits per heavy atom. The lowest BCUT2D eigenvalue weighted by atomic mass is 9.99. The van der Waals surface area contributed by atoms with Crippen LogP contribution in [0.3, 0.4) is 0 Å². The number of nitrogens with one attached hydrogen (secondary N) is 7. The number of carbonyl (C=O) groups excluding carboxylic acids is 10. The molecule has 5 rings (SSSR count). The summed E-state index contributed by atoms with van der Waals surface area (Å²) in [6.07, 6.45) is 0.529. The van der Waals surface area contributed by atoms with Crippen LogP contribution < -0.4 is 54.4 Å². The Labute approximate surface area is 470 Å². The van der Waals surface area contributed by atoms with Gasteiger partial charge in [-0.2, -0.15) is 0 Å². The molecular formula is C53H70N14O11S2. The standard InChI is InChI=1S/C53H70N14O11S2/c1-30(2)45-52(77)62-40(28-43(55)69)49(74)63-41(53(78)67-23-8-12-42(67)51(76)59-36(11-6-7-22-54)47(72)60-37(46(56)71)25-33-15-19-35(68)20-16-33)29-80-79-24-21-44(70)58-38(27-32-13-17-34(18-14-32)65-66-57)48(73)61-39(50(75)64-45)26-31-9-4-3-5-10-31/h3-5,9-10,13-20,30,36-42,45,68H,6-8,11-12,21-29,54H2,1-2H3,(H2,55,69)(H2,56,71)(H,58,70)(H,59,76)(H,60,72)(H,61,73)(H,62,77)(H,63,74)(H,64,75)/t36-,37+,38-,39-,40-,41-,42-,45-/m0/s1. The van der Waals surface area contributed by atoms with Crippen molar-refractivity contribution < 1.29 is 53.1 Å². The molecule has 25 nitrogen and oxygen atoms in total. The number of nitrogens with zero attached hydrogens (tertiary/aromatic N) is 4. The summed E-state index contributed by atoms with van der Waals surface area (Å²) in [6, 6.07) is 10.5. The zero-order valence-electron chi connectivity index (χ0n) is 44.5. The van der Waals surface area contributed by atoms with E-state index >= 15 is 0 Å². The van der Waals surface area contributed by atoms with Crippen molar-refractivity contribution in [2.24, 2.45) is 28.2 Å². The topological polar surface area (TPSA) is 405 Å². The van der Waals surface area contributed by atoms with Crippen molar-refractivity contribution in [1.29, 1.82) is 0 Å². The highest BCUT2D eigenvalue weighted by molar-refractivity contribution is 8.76. The Balaban J connectivity index is 1.42. The number of nitrogens with two attached hydrogens (primary N) is 3. The summed E-state index contributed by atoms with van der Waals surface area (Å²) in [7, 11) is 2.25. The average molecular weight is 1140 g/mol. The zero-order chi connectivity index (χ0) is 58.3. The Bertz CT molecular complexity index is 2720. The zero-order valence-corrected chi connectivity index (χ0v) is 46.1. The Kier molecular flexibility index (Phi) is 24.9. The molecule has 3 aromatic rings. The molecule has 3 aromatic carbocycles. The fourth-order valence-electron chi connectivity index (χ4n) is 8.91. The second kappa shape index (κ2) is 31.7. The van der Waals surface area contributed by atoms with Crippen molar-refractivity contribution in [3.05, 3.63) is 106 Å². The number of hydrogen-bond acceptors (Lipinski definition) is 15. The fraction of sp³-hybridized carbons (Fsp3) is 0.472. The second-order valence-corrected chi connectivity index (χ2v) is 22.3. The number of hydrogen-bond donors (Lipinski definition) is 11. The summed E-state index contributed by atoms with van der Waals surface area (Å²) in [5.74, 6) is -8.64. The van der Waals surface area contributed by atoms with Crippen LogP contribution >= 0.6 is 21.6 Å². The van der Waals surface area contributed by atoms with E-state index in [0.29, 0.717) is 48.2 Å². The van der Waals surface area contributed by atoms with Gasteiger partial charge < -0.3 is 64.4 Å². The normalized spacial score (nSPS) is 21.4. The van der Waals surface area contributed by atoms with Crippen LogP contribution in [-0.2, 0) is 67.2 Å². The summed E-state index contributed by atoms with van der Waals surface area (Å²) in [6.45, 7) is 3.58. The third-order valence-electron chi connectivity index (χ3n) is 13.2. The number of aromatic hydroxyl groups is 1. The van der Waals surface area contributed by atoms with Crippen LogP contribution in [0.15, 0.2) is 84.0 Å². The fourth-order valence-corrected chi connectivity index (χ4v) is 11.1. The molecule has 2 aliphatic rings. The van der Waals surface area contributed by atoms with E-state index in [9.17, 15) is 53.1 Å². The van der Waals surface area contributed by atoms with Crippen molar-refractivity contribution in [3.8, 4) is 5.75 Å². The third-order valence-corrected chi connectivity index (χ3v) is 15.6. The average Bonchev–Trinajstić information content (AvgIpc) is 3.92. The second-order valence-electron chi connectivity index (χ2n) is 19.7. The third kappa shape index (κ3) is 19.8. The van der Waals surface area contributed by atoms with Gasteiger partial charge in [-0.3, -0.25) is 47.9 Å². The molecule has 0 aliphatic carbocycles. The number of azide groups is 1. The van der Waals surface area contributed by atoms with Crippen molar-refractivity contribution in [2.75, 3.05) is 24.6 Å². The van der Waals surface area contributed by atoms with Crippen LogP contribution in [0.25, 0.3) is 10.4 Å². The number of carbonyl (C=O) groups is 10. The van der Waals surface area contributed by atoms with Crippen molar-refractivity contribution in [3.63, 3.8) is 0 Å². The van der Waals surface area contributed by atoms with Gasteiger partial charge in [0.15, 0.2) is 0 Å². The molecule has 10 amide bonds. The first-order chi connectivity index (χ1) is 38.3. The number of rotatable bonds is 20. The smallest absolute Gasteiger partial charge is 0.246 e. The lowest BCUT2D eigenvalue weighted by molar-refractivity contribution is -0.142. The van der Waals surface area contributed by atoms with Crippen LogP contribution in [0, 0.1) is 5.92 Å². The molecule has 0 aromatic heterocycles. The monoisotopic (exact) mass is 1140 g/mol. The van der Waals surface area contributed by atoms with Gasteiger partial charge in [0.1, 0.15) is 54.1 Å². The minimum atomic E-state index is -1.68. The molecule has 0 saturated carbocycles. The quantitative estimate of drug-likeness (QED) is 0.0244. The molecule has 0 spiro atoms. The van der Waals surface area contributed by atoms with Gasteiger partial charge in [-0.1, -0.05) is 107 Å². The van der Waals surface area contributed by atoms with Gasteiger partial charge in [-0.05, 0) is 78.9 Å². The number of benzene rings is 3. The Hall–Kier alpha value is -7.87. The SMILES string of the molecule is CC(C)[C@@H]1NC(=O)[C@H](Cc2ccccc2)NC(=O)[C@H](Cc2ccc(N=[N+]=[N-])cc2)NC(=O)CCSSC[C@@H](C(=O)N2CCC[C@H]2C(=O)N[C@@H](CCCCN)C(=O)N[C@H](Cc2ccc(O)cc2)C(N)=O)NC(=O)[C@H](CC(N)=O)NC1=O. The molecule has 8 atom stereocenters. The lowest BCUT2D eigenvalue weighted by Crippen LogP contribution is -2.61. The molecular weight excluding hydrogens is 1070 g/mol. The van der Waals surface area contributed by atoms with Crippen molar-refractivity contribution in [1.82, 2.24) is 42.1 Å². The van der Waals surface area contributed by atoms with Crippen LogP contribution in [0.1, 0.15) is 75.5 Å². The molecule has 80 heavy (non-hydrogen) atoms. The Morgan fingerprint density at radius 3 is 2.02 bits per heavy atom. The van der Waals surface area contributed by atoms with Crippen LogP contribution in [0.4, 0.5) is 5.69 Å². The number of phenols is 1. The number of phenolic OH excluding ortho intramolecular Hbond substituents is 1. The van der Waals surface area contributed by atoms with E-state index in [1.165, 1.54) is 17.0 Å². The Morgan fingerprint density at radius 1 is 0.762 bits per heavy atom. The van der Waals surface area contributed by atoms with E-state index in [0.717, 1.165) is 21.6 Å². The maximum Gasteiger partial charge on any atom is 0.246 e. The van der Waals surface area contributed by atoms with E-state index in [1.54, 1.807) is 80.6 Å². The molecule has 27 heteroatoms. The number of likely N-dealkylation sites (tertiary alicyclic amines) is 1. The lowest BCUT2D eigenvalue weighted by Gasteiger charge is -2.31. The highest BCUT2D eigenvalue weighted by atomic mass is 33.1. The first-order valence-electron chi connectivity index (χ1n) is 26.2. The van der Waals surface area contributed by atoms with Gasteiger partial charge in [0.25, 0.3) is 0 Å². The predicted octanol–water partition coefficient (Wildman–Crippen LogP) is 0.677. The largest absolute Gasteiger partial charge is 0.508 e. The van der Waals surface area contributed by atoms with E-state index in [-0.39, 0.29) is 62.3 Å². The summed E-state index contributed by atoms with van der Waals surface area (Å²) in [5, 5.41) is 32.1. The summed E-state index contributed by atoms with van der Waals surface area (Å²) in [4.78, 5) is 143. The van der Waals surface area contributed by atoms with Gasteiger partial charge in [0.05, 0.1) is 6.42 Å². The molecule has 14 N–H and O–H groups in total. The molecule has 2 fully saturated rings. The van der Waals surface area contributed by atoms with Gasteiger partial charge in [-0.15, -0.1) is 0 Å². The molecule has 0 bridgehead atoms. The summed E-state index contributed by atoms with van der Waals surface area (Å²) in [5.41, 5.74) is 28.0. The molecule has 2 aliphatic heterocycles. The maximum absolute atomic E-state index is 14.8. The first-order valence-corrected chi connectivity index (χ1v) is 28.7.